The Morgan fingerprint density at radius 1 is 1.06 bits per heavy atom. The second kappa shape index (κ2) is 10.6. The van der Waals surface area contributed by atoms with Crippen molar-refractivity contribution in [1.29, 1.82) is 0 Å². The van der Waals surface area contributed by atoms with Crippen molar-refractivity contribution in [2.24, 2.45) is 10.7 Å². The molecule has 0 radical (unpaired) electrons. The molecular formula is C25H26IN4O2S-. The third-order valence-corrected chi connectivity index (χ3v) is 8.61. The van der Waals surface area contributed by atoms with Gasteiger partial charge in [-0.2, -0.15) is 0 Å². The van der Waals surface area contributed by atoms with Crippen molar-refractivity contribution in [1.82, 2.24) is 10.5 Å². The molecular weight excluding hydrogens is 547 g/mol. The van der Waals surface area contributed by atoms with Crippen LogP contribution < -0.4 is 32.3 Å². The average molecular weight is 573 g/mol. The molecule has 0 aliphatic carbocycles. The summed E-state index contributed by atoms with van der Waals surface area (Å²) in [6.07, 6.45) is 0. The molecule has 1 aliphatic heterocycles. The topological polar surface area (TPSA) is 93.5 Å². The quantitative estimate of drug-likeness (QED) is 0.416. The molecule has 0 saturated carbocycles. The standard InChI is InChI=1S/C25H26IN4O2S/c1-16(2)33(31)20-10-8-19(9-11-20)23-14-26-13-21(27)25(29-23)24-12-22(30-32-24)18-6-4-17(5-7-18)15-28-3/h4-14,16,28H,15,27H2,1-3H3/q-1. The Hall–Kier alpha value is -2.56. The molecule has 33 heavy (non-hydrogen) atoms. The number of nitrogens with two attached hydrogens (primary N) is 1. The average Bonchev–Trinajstić information content (AvgIpc) is 3.23. The van der Waals surface area contributed by atoms with Gasteiger partial charge in [-0.1, -0.05) is 0 Å². The second-order valence-corrected chi connectivity index (χ2v) is 11.8. The number of aromatic nitrogens is 1. The van der Waals surface area contributed by atoms with Gasteiger partial charge in [0.1, 0.15) is 0 Å². The zero-order valence-corrected chi connectivity index (χ0v) is 21.7. The van der Waals surface area contributed by atoms with E-state index in [1.807, 2.05) is 67.4 Å². The number of nitrogens with one attached hydrogen (secondary N) is 1. The van der Waals surface area contributed by atoms with Crippen LogP contribution in [0.2, 0.25) is 0 Å². The Morgan fingerprint density at radius 3 is 2.42 bits per heavy atom. The Kier molecular flexibility index (Phi) is 7.56. The molecule has 1 aliphatic rings. The fourth-order valence-corrected chi connectivity index (χ4v) is 5.95. The number of halogens is 1. The van der Waals surface area contributed by atoms with E-state index in [-0.39, 0.29) is 5.25 Å². The third kappa shape index (κ3) is 5.51. The van der Waals surface area contributed by atoms with Crippen molar-refractivity contribution < 1.29 is 29.9 Å². The van der Waals surface area contributed by atoms with E-state index < -0.39 is 32.0 Å². The summed E-state index contributed by atoms with van der Waals surface area (Å²) >= 11 is -0.406. The Labute approximate surface area is 206 Å². The molecule has 172 valence electrons. The molecule has 3 aromatic rings. The summed E-state index contributed by atoms with van der Waals surface area (Å²) in [6.45, 7) is 4.72. The molecule has 1 aromatic heterocycles. The normalized spacial score (nSPS) is 15.2. The molecule has 1 atom stereocenters. The van der Waals surface area contributed by atoms with Gasteiger partial charge in [-0.05, 0) is 7.05 Å². The monoisotopic (exact) mass is 573 g/mol. The molecule has 0 bridgehead atoms. The number of hydrogen-bond acceptors (Lipinski definition) is 6. The van der Waals surface area contributed by atoms with E-state index >= 15 is 0 Å². The van der Waals surface area contributed by atoms with Crippen LogP contribution in [0.1, 0.15) is 30.7 Å². The molecule has 0 amide bonds. The van der Waals surface area contributed by atoms with Crippen molar-refractivity contribution in [2.45, 2.75) is 30.5 Å². The van der Waals surface area contributed by atoms with Crippen LogP contribution in [-0.4, -0.2) is 27.4 Å². The minimum atomic E-state index is -1.02. The number of nitrogens with zero attached hydrogens (tertiary/aromatic N) is 2. The first-order valence-electron chi connectivity index (χ1n) is 10.5. The molecule has 8 heteroatoms. The number of hydrogen-bond donors (Lipinski definition) is 2. The van der Waals surface area contributed by atoms with Gasteiger partial charge in [-0.25, -0.2) is 0 Å². The maximum atomic E-state index is 12.4. The SMILES string of the molecule is CNCc1ccc(-c2cc(C3=NC(c4ccc(S(=O)C(C)C)cc4)=C[I-]C=C3N)on2)cc1. The number of allylic oxidation sites excluding steroid dienone is 1. The van der Waals surface area contributed by atoms with Gasteiger partial charge in [0.05, 0.1) is 0 Å². The van der Waals surface area contributed by atoms with Gasteiger partial charge in [-0.15, -0.1) is 0 Å². The number of rotatable bonds is 7. The Morgan fingerprint density at radius 2 is 1.76 bits per heavy atom. The fraction of sp³-hybridized carbons (Fsp3) is 0.200. The molecule has 3 N–H and O–H groups in total. The number of aliphatic imine (C=N–C) groups is 1. The zero-order chi connectivity index (χ0) is 23.4. The predicted octanol–water partition coefficient (Wildman–Crippen LogP) is 1.27. The van der Waals surface area contributed by atoms with Crippen LogP contribution in [0.25, 0.3) is 17.0 Å². The third-order valence-electron chi connectivity index (χ3n) is 5.04. The first-order valence-corrected chi connectivity index (χ1v) is 14.3. The molecule has 2 aromatic carbocycles. The molecule has 2 heterocycles. The first kappa shape index (κ1) is 23.6. The van der Waals surface area contributed by atoms with E-state index in [1.165, 1.54) is 5.56 Å². The van der Waals surface area contributed by atoms with Gasteiger partial charge in [-0.3, -0.25) is 0 Å². The summed E-state index contributed by atoms with van der Waals surface area (Å²) in [5.74, 6) is 0.535. The van der Waals surface area contributed by atoms with Crippen LogP contribution >= 0.6 is 0 Å². The molecule has 6 nitrogen and oxygen atoms in total. The molecule has 0 saturated heterocycles. The summed E-state index contributed by atoms with van der Waals surface area (Å²) in [5.41, 5.74) is 12.2. The van der Waals surface area contributed by atoms with Gasteiger partial charge < -0.3 is 0 Å². The summed E-state index contributed by atoms with van der Waals surface area (Å²) in [5, 5.41) is 7.47. The zero-order valence-electron chi connectivity index (χ0n) is 18.7. The van der Waals surface area contributed by atoms with E-state index in [1.54, 1.807) is 0 Å². The summed E-state index contributed by atoms with van der Waals surface area (Å²) in [7, 11) is 0.908. The number of benzene rings is 2. The first-order chi connectivity index (χ1) is 16.0. The predicted molar refractivity (Wildman–Crippen MR) is 129 cm³/mol. The van der Waals surface area contributed by atoms with Crippen LogP contribution in [0.5, 0.6) is 0 Å². The van der Waals surface area contributed by atoms with Gasteiger partial charge in [0.15, 0.2) is 0 Å². The van der Waals surface area contributed by atoms with Crippen molar-refractivity contribution in [3.8, 4) is 11.3 Å². The molecule has 1 unspecified atom stereocenters. The van der Waals surface area contributed by atoms with E-state index in [9.17, 15) is 4.21 Å². The van der Waals surface area contributed by atoms with E-state index in [0.717, 1.165) is 34.0 Å². The summed E-state index contributed by atoms with van der Waals surface area (Å²) < 4.78 is 22.2. The second-order valence-electron chi connectivity index (χ2n) is 7.82. The van der Waals surface area contributed by atoms with Crippen LogP contribution in [0.3, 0.4) is 0 Å². The minimum absolute atomic E-state index is 0.0765. The maximum absolute atomic E-state index is 12.4. The van der Waals surface area contributed by atoms with Gasteiger partial charge >= 0.3 is 200 Å². The van der Waals surface area contributed by atoms with Crippen LogP contribution in [0.15, 0.2) is 82.9 Å². The van der Waals surface area contributed by atoms with E-state index in [0.29, 0.717) is 17.2 Å². The van der Waals surface area contributed by atoms with Crippen LogP contribution in [0, 0.1) is 0 Å². The summed E-state index contributed by atoms with van der Waals surface area (Å²) in [6, 6.07) is 17.8. The van der Waals surface area contributed by atoms with Crippen LogP contribution in [0.4, 0.5) is 0 Å². The fourth-order valence-electron chi connectivity index (χ4n) is 3.30. The Balaban J connectivity index is 1.62. The molecule has 4 rings (SSSR count). The van der Waals surface area contributed by atoms with Crippen LogP contribution in [-0.2, 0) is 17.3 Å². The van der Waals surface area contributed by atoms with Gasteiger partial charge in [0.25, 0.3) is 0 Å². The van der Waals surface area contributed by atoms with Gasteiger partial charge in [0, 0.05) is 0 Å². The van der Waals surface area contributed by atoms with E-state index in [2.05, 4.69) is 26.7 Å². The van der Waals surface area contributed by atoms with Crippen molar-refractivity contribution in [2.75, 3.05) is 7.05 Å². The van der Waals surface area contributed by atoms with Gasteiger partial charge in [0.2, 0.25) is 0 Å². The van der Waals surface area contributed by atoms with Crippen molar-refractivity contribution in [3.05, 3.63) is 85.3 Å². The molecule has 0 fully saturated rings. The molecule has 0 spiro atoms. The Bertz CT molecular complexity index is 1240. The van der Waals surface area contributed by atoms with Crippen molar-refractivity contribution >= 4 is 22.2 Å². The van der Waals surface area contributed by atoms with E-state index in [4.69, 9.17) is 15.2 Å². The van der Waals surface area contributed by atoms with Crippen molar-refractivity contribution in [3.63, 3.8) is 0 Å². The summed E-state index contributed by atoms with van der Waals surface area (Å²) in [4.78, 5) is 5.67.